The van der Waals surface area contributed by atoms with E-state index in [0.717, 1.165) is 21.3 Å². The number of hydrogen-bond acceptors (Lipinski definition) is 2. The predicted molar refractivity (Wildman–Crippen MR) is 80.8 cm³/mol. The predicted octanol–water partition coefficient (Wildman–Crippen LogP) is 3.09. The minimum Gasteiger partial charge on any atom is -0.326 e. The second-order valence-corrected chi connectivity index (χ2v) is 5.13. The number of nitrogens with one attached hydrogen (secondary N) is 1. The molecule has 2 rings (SSSR count). The molecule has 0 radical (unpaired) electrons. The van der Waals surface area contributed by atoms with Gasteiger partial charge in [-0.2, -0.15) is 0 Å². The second-order valence-electron chi connectivity index (χ2n) is 4.22. The van der Waals surface area contributed by atoms with Crippen LogP contribution in [0.5, 0.6) is 0 Å². The van der Waals surface area contributed by atoms with Crippen LogP contribution in [-0.2, 0) is 17.8 Å². The highest BCUT2D eigenvalue weighted by Gasteiger charge is 2.06. The van der Waals surface area contributed by atoms with Gasteiger partial charge in [0.15, 0.2) is 0 Å². The molecule has 0 spiro atoms. The summed E-state index contributed by atoms with van der Waals surface area (Å²) in [6.07, 6.45) is 0.346. The second kappa shape index (κ2) is 6.50. The lowest BCUT2D eigenvalue weighted by atomic mass is 10.1. The quantitative estimate of drug-likeness (QED) is 0.910. The number of halogens is 1. The number of hydrogen-bond donors (Lipinski definition) is 2. The molecule has 0 saturated heterocycles. The van der Waals surface area contributed by atoms with Crippen molar-refractivity contribution < 1.29 is 4.79 Å². The molecule has 0 aliphatic heterocycles. The summed E-state index contributed by atoms with van der Waals surface area (Å²) in [7, 11) is 0. The molecule has 0 aliphatic rings. The van der Waals surface area contributed by atoms with E-state index in [1.54, 1.807) is 0 Å². The maximum Gasteiger partial charge on any atom is 0.228 e. The number of benzene rings is 2. The Morgan fingerprint density at radius 1 is 1.16 bits per heavy atom. The van der Waals surface area contributed by atoms with Gasteiger partial charge < -0.3 is 11.1 Å². The van der Waals surface area contributed by atoms with Crippen molar-refractivity contribution in [3.8, 4) is 0 Å². The first kappa shape index (κ1) is 13.8. The molecule has 0 fully saturated rings. The van der Waals surface area contributed by atoms with Gasteiger partial charge in [0.1, 0.15) is 0 Å². The molecule has 0 heterocycles. The van der Waals surface area contributed by atoms with E-state index in [4.69, 9.17) is 5.73 Å². The van der Waals surface area contributed by atoms with Crippen molar-refractivity contribution >= 4 is 27.5 Å². The Bertz CT molecular complexity index is 584. The summed E-state index contributed by atoms with van der Waals surface area (Å²) in [5.74, 6) is -0.0426. The highest BCUT2D eigenvalue weighted by molar-refractivity contribution is 9.10. The van der Waals surface area contributed by atoms with Crippen molar-refractivity contribution in [3.05, 3.63) is 64.1 Å². The summed E-state index contributed by atoms with van der Waals surface area (Å²) in [5.41, 5.74) is 8.33. The van der Waals surface area contributed by atoms with E-state index in [0.29, 0.717) is 13.0 Å². The molecule has 3 nitrogen and oxygen atoms in total. The van der Waals surface area contributed by atoms with Crippen LogP contribution in [0, 0.1) is 0 Å². The zero-order valence-corrected chi connectivity index (χ0v) is 12.0. The Morgan fingerprint density at radius 3 is 2.68 bits per heavy atom. The first-order valence-corrected chi connectivity index (χ1v) is 6.80. The number of carbonyl (C=O) groups is 1. The SMILES string of the molecule is NCc1ccccc1NC(=O)Cc1cccc(Br)c1. The molecule has 98 valence electrons. The summed E-state index contributed by atoms with van der Waals surface area (Å²) >= 11 is 3.39. The van der Waals surface area contributed by atoms with Crippen LogP contribution < -0.4 is 11.1 Å². The fourth-order valence-corrected chi connectivity index (χ4v) is 2.29. The highest BCUT2D eigenvalue weighted by atomic mass is 79.9. The normalized spacial score (nSPS) is 10.2. The number of para-hydroxylation sites is 1. The van der Waals surface area contributed by atoms with Crippen molar-refractivity contribution in [1.82, 2.24) is 0 Å². The maximum absolute atomic E-state index is 12.0. The summed E-state index contributed by atoms with van der Waals surface area (Å²) < 4.78 is 0.972. The minimum absolute atomic E-state index is 0.0426. The molecule has 1 amide bonds. The zero-order chi connectivity index (χ0) is 13.7. The van der Waals surface area contributed by atoms with Crippen molar-refractivity contribution in [2.45, 2.75) is 13.0 Å². The molecule has 2 aromatic carbocycles. The molecule has 0 saturated carbocycles. The molecule has 0 atom stereocenters. The van der Waals surface area contributed by atoms with Gasteiger partial charge in [-0.3, -0.25) is 4.79 Å². The summed E-state index contributed by atoms with van der Waals surface area (Å²) in [6.45, 7) is 0.410. The summed E-state index contributed by atoms with van der Waals surface area (Å²) in [5, 5.41) is 2.90. The molecule has 19 heavy (non-hydrogen) atoms. The monoisotopic (exact) mass is 318 g/mol. The van der Waals surface area contributed by atoms with Crippen LogP contribution in [0.3, 0.4) is 0 Å². The van der Waals surface area contributed by atoms with E-state index < -0.39 is 0 Å². The molecule has 0 bridgehead atoms. The number of amides is 1. The molecule has 4 heteroatoms. The number of nitrogens with two attached hydrogens (primary N) is 1. The lowest BCUT2D eigenvalue weighted by molar-refractivity contribution is -0.115. The van der Waals surface area contributed by atoms with Crippen LogP contribution >= 0.6 is 15.9 Å². The Kier molecular flexibility index (Phi) is 4.71. The standard InChI is InChI=1S/C15H15BrN2O/c16-13-6-3-4-11(8-13)9-15(19)18-14-7-2-1-5-12(14)10-17/h1-8H,9-10,17H2,(H,18,19). The van der Waals surface area contributed by atoms with Crippen LogP contribution in [0.2, 0.25) is 0 Å². The molecule has 0 aromatic heterocycles. The summed E-state index contributed by atoms with van der Waals surface area (Å²) in [4.78, 5) is 12.0. The van der Waals surface area contributed by atoms with Gasteiger partial charge in [-0.15, -0.1) is 0 Å². The highest BCUT2D eigenvalue weighted by Crippen LogP contribution is 2.16. The molecular weight excluding hydrogens is 304 g/mol. The van der Waals surface area contributed by atoms with E-state index >= 15 is 0 Å². The average molecular weight is 319 g/mol. The third kappa shape index (κ3) is 3.91. The molecular formula is C15H15BrN2O. The Balaban J connectivity index is 2.05. The van der Waals surface area contributed by atoms with Gasteiger partial charge in [-0.25, -0.2) is 0 Å². The van der Waals surface area contributed by atoms with Gasteiger partial charge >= 0.3 is 0 Å². The third-order valence-electron chi connectivity index (χ3n) is 2.77. The Morgan fingerprint density at radius 2 is 1.95 bits per heavy atom. The molecule has 0 aliphatic carbocycles. The van der Waals surface area contributed by atoms with Crippen LogP contribution in [0.4, 0.5) is 5.69 Å². The van der Waals surface area contributed by atoms with E-state index in [1.807, 2.05) is 48.5 Å². The Hall–Kier alpha value is -1.65. The van der Waals surface area contributed by atoms with Gasteiger partial charge in [-0.05, 0) is 29.3 Å². The fraction of sp³-hybridized carbons (Fsp3) is 0.133. The minimum atomic E-state index is -0.0426. The van der Waals surface area contributed by atoms with Crippen molar-refractivity contribution in [2.75, 3.05) is 5.32 Å². The smallest absolute Gasteiger partial charge is 0.228 e. The Labute approximate surface area is 121 Å². The van der Waals surface area contributed by atoms with Gasteiger partial charge in [0, 0.05) is 16.7 Å². The lowest BCUT2D eigenvalue weighted by Crippen LogP contribution is -2.16. The number of anilines is 1. The van der Waals surface area contributed by atoms with Crippen LogP contribution in [0.15, 0.2) is 53.0 Å². The fourth-order valence-electron chi connectivity index (χ4n) is 1.85. The lowest BCUT2D eigenvalue weighted by Gasteiger charge is -2.09. The van der Waals surface area contributed by atoms with Crippen LogP contribution in [0.25, 0.3) is 0 Å². The number of rotatable bonds is 4. The van der Waals surface area contributed by atoms with Gasteiger partial charge in [0.25, 0.3) is 0 Å². The first-order valence-electron chi connectivity index (χ1n) is 6.01. The van der Waals surface area contributed by atoms with E-state index in [-0.39, 0.29) is 5.91 Å². The largest absolute Gasteiger partial charge is 0.326 e. The van der Waals surface area contributed by atoms with Gasteiger partial charge in [0.05, 0.1) is 6.42 Å². The topological polar surface area (TPSA) is 55.1 Å². The zero-order valence-electron chi connectivity index (χ0n) is 10.4. The van der Waals surface area contributed by atoms with Crippen LogP contribution in [-0.4, -0.2) is 5.91 Å². The molecule has 3 N–H and O–H groups in total. The maximum atomic E-state index is 12.0. The van der Waals surface area contributed by atoms with Gasteiger partial charge in [0.2, 0.25) is 5.91 Å². The molecule has 2 aromatic rings. The van der Waals surface area contributed by atoms with Crippen molar-refractivity contribution in [1.29, 1.82) is 0 Å². The van der Waals surface area contributed by atoms with Crippen molar-refractivity contribution in [2.24, 2.45) is 5.73 Å². The molecule has 0 unspecified atom stereocenters. The first-order chi connectivity index (χ1) is 9.19. The average Bonchev–Trinajstić information content (AvgIpc) is 2.39. The van der Waals surface area contributed by atoms with Crippen LogP contribution in [0.1, 0.15) is 11.1 Å². The third-order valence-corrected chi connectivity index (χ3v) is 3.26. The number of carbonyl (C=O) groups excluding carboxylic acids is 1. The van der Waals surface area contributed by atoms with E-state index in [2.05, 4.69) is 21.2 Å². The summed E-state index contributed by atoms with van der Waals surface area (Å²) in [6, 6.07) is 15.3. The van der Waals surface area contributed by atoms with Crippen molar-refractivity contribution in [3.63, 3.8) is 0 Å². The van der Waals surface area contributed by atoms with E-state index in [9.17, 15) is 4.79 Å². The van der Waals surface area contributed by atoms with Gasteiger partial charge in [-0.1, -0.05) is 46.3 Å². The van der Waals surface area contributed by atoms with E-state index in [1.165, 1.54) is 0 Å².